The number of nitrogens with zero attached hydrogens (tertiary/aromatic N) is 2. The predicted octanol–water partition coefficient (Wildman–Crippen LogP) is 3.01. The molecule has 1 aromatic rings. The van der Waals surface area contributed by atoms with Gasteiger partial charge in [0.25, 0.3) is 0 Å². The maximum atomic E-state index is 12.0. The van der Waals surface area contributed by atoms with Crippen LogP contribution in [0.1, 0.15) is 31.2 Å². The molecule has 5 heteroatoms. The molecule has 1 heterocycles. The van der Waals surface area contributed by atoms with Gasteiger partial charge in [0.15, 0.2) is 0 Å². The summed E-state index contributed by atoms with van der Waals surface area (Å²) in [4.78, 5) is 16.7. The zero-order chi connectivity index (χ0) is 17.4. The number of carbonyl (C=O) groups excluding carboxylic acids is 1. The molecule has 0 aliphatic carbocycles. The topological polar surface area (TPSA) is 35.6 Å². The molecular formula is C19H30ClN3O. The van der Waals surface area contributed by atoms with E-state index in [4.69, 9.17) is 11.6 Å². The summed E-state index contributed by atoms with van der Waals surface area (Å²) >= 11 is 6.10. The van der Waals surface area contributed by atoms with Gasteiger partial charge >= 0.3 is 0 Å². The van der Waals surface area contributed by atoms with Crippen LogP contribution in [0.2, 0.25) is 5.02 Å². The second-order valence-corrected chi connectivity index (χ2v) is 7.40. The Morgan fingerprint density at radius 2 is 2.00 bits per heavy atom. The van der Waals surface area contributed by atoms with Crippen molar-refractivity contribution in [2.24, 2.45) is 5.92 Å². The lowest BCUT2D eigenvalue weighted by molar-refractivity contribution is -0.121. The van der Waals surface area contributed by atoms with Crippen molar-refractivity contribution in [3.63, 3.8) is 0 Å². The highest BCUT2D eigenvalue weighted by atomic mass is 35.5. The predicted molar refractivity (Wildman–Crippen MR) is 100 cm³/mol. The molecule has 1 saturated heterocycles. The van der Waals surface area contributed by atoms with Crippen molar-refractivity contribution in [1.82, 2.24) is 15.1 Å². The van der Waals surface area contributed by atoms with Crippen LogP contribution in [0, 0.1) is 5.92 Å². The summed E-state index contributed by atoms with van der Waals surface area (Å²) < 4.78 is 0. The van der Waals surface area contributed by atoms with Crippen LogP contribution < -0.4 is 5.32 Å². The van der Waals surface area contributed by atoms with Gasteiger partial charge in [0.2, 0.25) is 5.91 Å². The average molecular weight is 352 g/mol. The summed E-state index contributed by atoms with van der Waals surface area (Å²) in [5, 5.41) is 3.67. The van der Waals surface area contributed by atoms with Gasteiger partial charge in [-0.15, -0.1) is 0 Å². The number of rotatable bonds is 8. The standard InChI is InChI=1S/C19H30ClN3O/c1-22(2)11-7-16-8-12-23(13-9-16)14-10-19(24)21-15-17-5-3-4-6-18(17)20/h3-6,16H,7-15H2,1-2H3,(H,21,24). The normalized spacial score (nSPS) is 16.5. The number of hydrogen-bond donors (Lipinski definition) is 1. The van der Waals surface area contributed by atoms with Crippen molar-refractivity contribution in [3.8, 4) is 0 Å². The number of hydrogen-bond acceptors (Lipinski definition) is 3. The molecule has 1 aliphatic heterocycles. The molecule has 1 aliphatic rings. The number of benzene rings is 1. The highest BCUT2D eigenvalue weighted by molar-refractivity contribution is 6.31. The van der Waals surface area contributed by atoms with E-state index in [1.165, 1.54) is 25.8 Å². The van der Waals surface area contributed by atoms with Gasteiger partial charge in [0.05, 0.1) is 0 Å². The van der Waals surface area contributed by atoms with Crippen LogP contribution >= 0.6 is 11.6 Å². The van der Waals surface area contributed by atoms with E-state index in [1.54, 1.807) is 0 Å². The van der Waals surface area contributed by atoms with Crippen LogP contribution in [0.4, 0.5) is 0 Å². The number of carbonyl (C=O) groups is 1. The maximum Gasteiger partial charge on any atom is 0.221 e. The third-order valence-corrected chi connectivity index (χ3v) is 5.15. The molecule has 0 unspecified atom stereocenters. The lowest BCUT2D eigenvalue weighted by Gasteiger charge is -2.32. The van der Waals surface area contributed by atoms with E-state index in [1.807, 2.05) is 24.3 Å². The van der Waals surface area contributed by atoms with Crippen LogP contribution in [-0.4, -0.2) is 56.0 Å². The molecular weight excluding hydrogens is 322 g/mol. The first kappa shape index (κ1) is 19.2. The van der Waals surface area contributed by atoms with Crippen LogP contribution in [0.15, 0.2) is 24.3 Å². The Kier molecular flexibility index (Phi) is 8.03. The largest absolute Gasteiger partial charge is 0.352 e. The lowest BCUT2D eigenvalue weighted by Crippen LogP contribution is -2.37. The van der Waals surface area contributed by atoms with Crippen molar-refractivity contribution >= 4 is 17.5 Å². The van der Waals surface area contributed by atoms with E-state index in [2.05, 4.69) is 29.2 Å². The summed E-state index contributed by atoms with van der Waals surface area (Å²) in [5.41, 5.74) is 0.967. The Balaban J connectivity index is 1.60. The molecule has 0 bridgehead atoms. The Hall–Kier alpha value is -1.10. The third kappa shape index (κ3) is 6.80. The lowest BCUT2D eigenvalue weighted by atomic mass is 9.93. The molecule has 2 rings (SSSR count). The highest BCUT2D eigenvalue weighted by Crippen LogP contribution is 2.20. The van der Waals surface area contributed by atoms with Crippen LogP contribution in [0.5, 0.6) is 0 Å². The van der Waals surface area contributed by atoms with Gasteiger partial charge in [-0.2, -0.15) is 0 Å². The molecule has 1 fully saturated rings. The van der Waals surface area contributed by atoms with E-state index >= 15 is 0 Å². The first-order valence-electron chi connectivity index (χ1n) is 8.92. The van der Waals surface area contributed by atoms with Crippen molar-refractivity contribution < 1.29 is 4.79 Å². The van der Waals surface area contributed by atoms with Crippen LogP contribution in [-0.2, 0) is 11.3 Å². The van der Waals surface area contributed by atoms with E-state index in [0.717, 1.165) is 31.1 Å². The van der Waals surface area contributed by atoms with Gasteiger partial charge in [-0.05, 0) is 70.5 Å². The molecule has 4 nitrogen and oxygen atoms in total. The first-order valence-corrected chi connectivity index (χ1v) is 9.29. The first-order chi connectivity index (χ1) is 11.5. The number of amides is 1. The molecule has 1 N–H and O–H groups in total. The summed E-state index contributed by atoms with van der Waals surface area (Å²) in [6, 6.07) is 7.63. The Bertz CT molecular complexity index is 513. The van der Waals surface area contributed by atoms with Gasteiger partial charge in [-0.1, -0.05) is 29.8 Å². The van der Waals surface area contributed by atoms with Gasteiger partial charge in [0.1, 0.15) is 0 Å². The van der Waals surface area contributed by atoms with E-state index in [0.29, 0.717) is 18.0 Å². The SMILES string of the molecule is CN(C)CCC1CCN(CCC(=O)NCc2ccccc2Cl)CC1. The molecule has 1 aromatic carbocycles. The Morgan fingerprint density at radius 1 is 1.29 bits per heavy atom. The smallest absolute Gasteiger partial charge is 0.221 e. The second kappa shape index (κ2) is 10.0. The fourth-order valence-corrected chi connectivity index (χ4v) is 3.33. The van der Waals surface area contributed by atoms with Gasteiger partial charge < -0.3 is 15.1 Å². The zero-order valence-corrected chi connectivity index (χ0v) is 15.7. The maximum absolute atomic E-state index is 12.0. The fraction of sp³-hybridized carbons (Fsp3) is 0.632. The van der Waals surface area contributed by atoms with Crippen molar-refractivity contribution in [2.45, 2.75) is 32.2 Å². The zero-order valence-electron chi connectivity index (χ0n) is 14.9. The average Bonchev–Trinajstić information content (AvgIpc) is 2.58. The van der Waals surface area contributed by atoms with Gasteiger partial charge in [-0.25, -0.2) is 0 Å². The molecule has 0 atom stereocenters. The summed E-state index contributed by atoms with van der Waals surface area (Å²) in [6.07, 6.45) is 4.37. The van der Waals surface area contributed by atoms with Crippen molar-refractivity contribution in [2.75, 3.05) is 40.3 Å². The van der Waals surface area contributed by atoms with E-state index < -0.39 is 0 Å². The highest BCUT2D eigenvalue weighted by Gasteiger charge is 2.19. The number of likely N-dealkylation sites (tertiary alicyclic amines) is 1. The second-order valence-electron chi connectivity index (χ2n) is 7.00. The molecule has 1 amide bonds. The number of halogens is 1. The monoisotopic (exact) mass is 351 g/mol. The van der Waals surface area contributed by atoms with E-state index in [-0.39, 0.29) is 5.91 Å². The fourth-order valence-electron chi connectivity index (χ4n) is 3.12. The summed E-state index contributed by atoms with van der Waals surface area (Å²) in [6.45, 7) is 4.78. The van der Waals surface area contributed by atoms with Crippen molar-refractivity contribution in [1.29, 1.82) is 0 Å². The number of nitrogens with one attached hydrogen (secondary N) is 1. The Morgan fingerprint density at radius 3 is 2.67 bits per heavy atom. The third-order valence-electron chi connectivity index (χ3n) is 4.78. The quantitative estimate of drug-likeness (QED) is 0.782. The molecule has 0 aromatic heterocycles. The minimum Gasteiger partial charge on any atom is -0.352 e. The minimum atomic E-state index is 0.102. The molecule has 24 heavy (non-hydrogen) atoms. The molecule has 134 valence electrons. The number of piperidine rings is 1. The minimum absolute atomic E-state index is 0.102. The summed E-state index contributed by atoms with van der Waals surface area (Å²) in [5.74, 6) is 0.947. The van der Waals surface area contributed by atoms with Crippen LogP contribution in [0.25, 0.3) is 0 Å². The Labute approximate surface area is 151 Å². The van der Waals surface area contributed by atoms with E-state index in [9.17, 15) is 4.79 Å². The molecule has 0 spiro atoms. The summed E-state index contributed by atoms with van der Waals surface area (Å²) in [7, 11) is 4.27. The van der Waals surface area contributed by atoms with Gasteiger partial charge in [0, 0.05) is 24.5 Å². The van der Waals surface area contributed by atoms with Crippen LogP contribution in [0.3, 0.4) is 0 Å². The van der Waals surface area contributed by atoms with Crippen molar-refractivity contribution in [3.05, 3.63) is 34.9 Å². The molecule has 0 radical (unpaired) electrons. The van der Waals surface area contributed by atoms with Gasteiger partial charge in [-0.3, -0.25) is 4.79 Å². The molecule has 0 saturated carbocycles.